The second-order valence-corrected chi connectivity index (χ2v) is 8.05. The van der Waals surface area contributed by atoms with Crippen molar-refractivity contribution in [2.24, 2.45) is 0 Å². The molecule has 0 fully saturated rings. The van der Waals surface area contributed by atoms with E-state index in [4.69, 9.17) is 4.74 Å². The molecular formula is C21H24N4O2S2. The number of hydrogen-bond acceptors (Lipinski definition) is 6. The predicted molar refractivity (Wildman–Crippen MR) is 119 cm³/mol. The van der Waals surface area contributed by atoms with Gasteiger partial charge in [0.05, 0.1) is 5.75 Å². The van der Waals surface area contributed by atoms with Crippen molar-refractivity contribution in [2.75, 3.05) is 17.3 Å². The number of nitrogens with one attached hydrogen (secondary N) is 1. The number of benzene rings is 2. The minimum atomic E-state index is -0.248. The van der Waals surface area contributed by atoms with Crippen molar-refractivity contribution in [3.63, 3.8) is 0 Å². The zero-order valence-electron chi connectivity index (χ0n) is 16.7. The van der Waals surface area contributed by atoms with Crippen LogP contribution in [-0.4, -0.2) is 32.7 Å². The quantitative estimate of drug-likeness (QED) is 0.489. The number of carbonyl (C=O) groups is 1. The number of carbonyl (C=O) groups excluding carboxylic acids is 1. The summed E-state index contributed by atoms with van der Waals surface area (Å²) in [6.07, 6.45) is 1.76. The second-order valence-electron chi connectivity index (χ2n) is 6.23. The van der Waals surface area contributed by atoms with Crippen molar-refractivity contribution in [3.05, 3.63) is 60.4 Å². The molecule has 1 atom stereocenters. The van der Waals surface area contributed by atoms with Crippen LogP contribution in [0.25, 0.3) is 0 Å². The van der Waals surface area contributed by atoms with Gasteiger partial charge in [-0.15, -0.1) is 22.0 Å². The molecule has 8 heteroatoms. The van der Waals surface area contributed by atoms with E-state index in [9.17, 15) is 4.79 Å². The molecule has 0 radical (unpaired) electrons. The number of aromatic nitrogens is 3. The van der Waals surface area contributed by atoms with Crippen LogP contribution >= 0.6 is 23.5 Å². The van der Waals surface area contributed by atoms with Gasteiger partial charge in [-0.3, -0.25) is 4.79 Å². The Morgan fingerprint density at radius 2 is 1.97 bits per heavy atom. The normalized spacial score (nSPS) is 11.8. The SMILES string of the molecule is CCn1c(SCC(=O)Nc2cccc(SC)c2)nnc1[C@H](C)Oc1ccccc1. The van der Waals surface area contributed by atoms with Gasteiger partial charge in [0, 0.05) is 17.1 Å². The molecule has 0 saturated carbocycles. The largest absolute Gasteiger partial charge is 0.483 e. The standard InChI is InChI=1S/C21H24N4O2S2/c1-4-25-20(15(2)27-17-10-6-5-7-11-17)23-24-21(25)29-14-19(26)22-16-9-8-12-18(13-16)28-3/h5-13,15H,4,14H2,1-3H3,(H,22,26)/t15-/m0/s1. The molecule has 1 N–H and O–H groups in total. The Bertz CT molecular complexity index is 947. The van der Waals surface area contributed by atoms with E-state index in [2.05, 4.69) is 15.5 Å². The molecule has 6 nitrogen and oxygen atoms in total. The monoisotopic (exact) mass is 428 g/mol. The van der Waals surface area contributed by atoms with Crippen molar-refractivity contribution >= 4 is 35.1 Å². The Labute approximate surface area is 179 Å². The van der Waals surface area contributed by atoms with Gasteiger partial charge in [-0.2, -0.15) is 0 Å². The number of rotatable bonds is 9. The Morgan fingerprint density at radius 3 is 2.69 bits per heavy atom. The van der Waals surface area contributed by atoms with Crippen LogP contribution in [0.5, 0.6) is 5.75 Å². The van der Waals surface area contributed by atoms with E-state index >= 15 is 0 Å². The number of hydrogen-bond donors (Lipinski definition) is 1. The first-order valence-corrected chi connectivity index (χ1v) is 11.5. The molecule has 152 valence electrons. The molecule has 0 unspecified atom stereocenters. The van der Waals surface area contributed by atoms with Crippen molar-refractivity contribution in [1.29, 1.82) is 0 Å². The third-order valence-electron chi connectivity index (χ3n) is 4.17. The topological polar surface area (TPSA) is 69.0 Å². The third-order valence-corrected chi connectivity index (χ3v) is 5.86. The molecule has 3 rings (SSSR count). The summed E-state index contributed by atoms with van der Waals surface area (Å²) in [6.45, 7) is 4.67. The van der Waals surface area contributed by atoms with E-state index in [1.54, 1.807) is 11.8 Å². The smallest absolute Gasteiger partial charge is 0.234 e. The Balaban J connectivity index is 1.61. The molecule has 0 aliphatic rings. The van der Waals surface area contributed by atoms with Gasteiger partial charge in [-0.05, 0) is 50.4 Å². The van der Waals surface area contributed by atoms with E-state index in [0.29, 0.717) is 11.7 Å². The van der Waals surface area contributed by atoms with E-state index in [1.165, 1.54) is 11.8 Å². The van der Waals surface area contributed by atoms with Gasteiger partial charge in [0.25, 0.3) is 0 Å². The van der Waals surface area contributed by atoms with Crippen LogP contribution in [0.15, 0.2) is 64.6 Å². The lowest BCUT2D eigenvalue weighted by Crippen LogP contribution is -2.15. The molecule has 0 saturated heterocycles. The number of ether oxygens (including phenoxy) is 1. The first-order chi connectivity index (χ1) is 14.1. The summed E-state index contributed by atoms with van der Waals surface area (Å²) in [5.74, 6) is 1.71. The molecule has 3 aromatic rings. The molecule has 0 aliphatic carbocycles. The highest BCUT2D eigenvalue weighted by molar-refractivity contribution is 7.99. The van der Waals surface area contributed by atoms with Gasteiger partial charge >= 0.3 is 0 Å². The first kappa shape index (κ1) is 21.3. The maximum atomic E-state index is 12.3. The first-order valence-electron chi connectivity index (χ1n) is 9.32. The Kier molecular flexibility index (Phi) is 7.60. The fourth-order valence-corrected chi connectivity index (χ4v) is 4.06. The zero-order chi connectivity index (χ0) is 20.6. The predicted octanol–water partition coefficient (Wildman–Crippen LogP) is 4.89. The molecule has 0 bridgehead atoms. The van der Waals surface area contributed by atoms with Crippen LogP contribution in [0.1, 0.15) is 25.8 Å². The van der Waals surface area contributed by atoms with E-state index in [1.807, 2.05) is 79.3 Å². The maximum absolute atomic E-state index is 12.3. The van der Waals surface area contributed by atoms with E-state index < -0.39 is 0 Å². The van der Waals surface area contributed by atoms with Crippen LogP contribution in [-0.2, 0) is 11.3 Å². The van der Waals surface area contributed by atoms with Gasteiger partial charge in [-0.25, -0.2) is 0 Å². The summed E-state index contributed by atoms with van der Waals surface area (Å²) < 4.78 is 7.95. The minimum absolute atomic E-state index is 0.0750. The van der Waals surface area contributed by atoms with Crippen molar-refractivity contribution in [3.8, 4) is 5.75 Å². The second kappa shape index (κ2) is 10.4. The van der Waals surface area contributed by atoms with Gasteiger partial charge < -0.3 is 14.6 Å². The molecule has 29 heavy (non-hydrogen) atoms. The molecule has 0 spiro atoms. The van der Waals surface area contributed by atoms with Gasteiger partial charge in [0.1, 0.15) is 5.75 Å². The fourth-order valence-electron chi connectivity index (χ4n) is 2.79. The van der Waals surface area contributed by atoms with Crippen LogP contribution < -0.4 is 10.1 Å². The van der Waals surface area contributed by atoms with E-state index in [-0.39, 0.29) is 17.8 Å². The summed E-state index contributed by atoms with van der Waals surface area (Å²) in [4.78, 5) is 13.5. The van der Waals surface area contributed by atoms with Crippen LogP contribution in [0, 0.1) is 0 Å². The van der Waals surface area contributed by atoms with Gasteiger partial charge in [0.2, 0.25) is 5.91 Å². The van der Waals surface area contributed by atoms with Crippen molar-refractivity contribution < 1.29 is 9.53 Å². The highest BCUT2D eigenvalue weighted by Gasteiger charge is 2.19. The molecule has 1 amide bonds. The Morgan fingerprint density at radius 1 is 1.17 bits per heavy atom. The molecule has 1 heterocycles. The van der Waals surface area contributed by atoms with Crippen molar-refractivity contribution in [1.82, 2.24) is 14.8 Å². The number of anilines is 1. The lowest BCUT2D eigenvalue weighted by molar-refractivity contribution is -0.113. The summed E-state index contributed by atoms with van der Waals surface area (Å²) >= 11 is 3.01. The number of amides is 1. The number of para-hydroxylation sites is 1. The molecule has 0 aliphatic heterocycles. The highest BCUT2D eigenvalue weighted by atomic mass is 32.2. The van der Waals surface area contributed by atoms with Crippen LogP contribution in [0.2, 0.25) is 0 Å². The van der Waals surface area contributed by atoms with Gasteiger partial charge in [0.15, 0.2) is 17.1 Å². The lowest BCUT2D eigenvalue weighted by atomic mass is 10.3. The minimum Gasteiger partial charge on any atom is -0.483 e. The summed E-state index contributed by atoms with van der Waals surface area (Å²) in [7, 11) is 0. The lowest BCUT2D eigenvalue weighted by Gasteiger charge is -2.15. The Hall–Kier alpha value is -2.45. The summed E-state index contributed by atoms with van der Waals surface area (Å²) in [5.41, 5.74) is 0.796. The average molecular weight is 429 g/mol. The zero-order valence-corrected chi connectivity index (χ0v) is 18.3. The maximum Gasteiger partial charge on any atom is 0.234 e. The summed E-state index contributed by atoms with van der Waals surface area (Å²) in [5, 5.41) is 12.2. The van der Waals surface area contributed by atoms with E-state index in [0.717, 1.165) is 22.2 Å². The average Bonchev–Trinajstić information content (AvgIpc) is 3.16. The molecular weight excluding hydrogens is 404 g/mol. The van der Waals surface area contributed by atoms with Crippen molar-refractivity contribution in [2.45, 2.75) is 36.5 Å². The number of thioether (sulfide) groups is 2. The fraction of sp³-hybridized carbons (Fsp3) is 0.286. The van der Waals surface area contributed by atoms with Crippen LogP contribution in [0.4, 0.5) is 5.69 Å². The van der Waals surface area contributed by atoms with Gasteiger partial charge in [-0.1, -0.05) is 36.0 Å². The highest BCUT2D eigenvalue weighted by Crippen LogP contribution is 2.25. The number of nitrogens with zero attached hydrogens (tertiary/aromatic N) is 3. The molecule has 1 aromatic heterocycles. The molecule has 2 aromatic carbocycles. The van der Waals surface area contributed by atoms with Crippen LogP contribution in [0.3, 0.4) is 0 Å². The summed E-state index contributed by atoms with van der Waals surface area (Å²) in [6, 6.07) is 17.4. The third kappa shape index (κ3) is 5.77.